The van der Waals surface area contributed by atoms with E-state index in [9.17, 15) is 4.79 Å². The zero-order chi connectivity index (χ0) is 23.3. The molecule has 174 valence electrons. The Bertz CT molecular complexity index is 1280. The number of likely N-dealkylation sites (tertiary alicyclic amines) is 1. The number of thiazole rings is 1. The maximum Gasteiger partial charge on any atom is 0.230 e. The molecule has 1 atom stereocenters. The Morgan fingerprint density at radius 1 is 1.12 bits per heavy atom. The van der Waals surface area contributed by atoms with Crippen molar-refractivity contribution in [2.75, 3.05) is 18.4 Å². The largest absolute Gasteiger partial charge is 0.302 e. The lowest BCUT2D eigenvalue weighted by Gasteiger charge is -2.31. The molecule has 7 nitrogen and oxygen atoms in total. The van der Waals surface area contributed by atoms with Crippen LogP contribution < -0.4 is 5.32 Å². The second-order valence-corrected chi connectivity index (χ2v) is 9.68. The van der Waals surface area contributed by atoms with Crippen molar-refractivity contribution >= 4 is 34.6 Å². The Kier molecular flexibility index (Phi) is 6.94. The minimum absolute atomic E-state index is 0.0304. The lowest BCUT2D eigenvalue weighted by Crippen LogP contribution is -2.41. The molecule has 0 bridgehead atoms. The molecule has 0 saturated carbocycles. The SMILES string of the molecule is O=C(Nc1nccs1)C1CCCN(Cn2nc(Cc3ccccc3)n(-c3ccccc3)c2=S)C1. The van der Waals surface area contributed by atoms with E-state index in [2.05, 4.69) is 44.0 Å². The van der Waals surface area contributed by atoms with Crippen molar-refractivity contribution in [2.24, 2.45) is 5.92 Å². The van der Waals surface area contributed by atoms with E-state index in [1.54, 1.807) is 6.20 Å². The Morgan fingerprint density at radius 3 is 2.62 bits per heavy atom. The first kappa shape index (κ1) is 22.6. The van der Waals surface area contributed by atoms with Crippen molar-refractivity contribution in [3.8, 4) is 5.69 Å². The minimum atomic E-state index is -0.0770. The van der Waals surface area contributed by atoms with Crippen molar-refractivity contribution in [3.63, 3.8) is 0 Å². The molecule has 4 aromatic rings. The number of carbonyl (C=O) groups is 1. The quantitative estimate of drug-likeness (QED) is 0.379. The molecule has 2 aromatic heterocycles. The molecule has 1 aliphatic heterocycles. The van der Waals surface area contributed by atoms with E-state index >= 15 is 0 Å². The summed E-state index contributed by atoms with van der Waals surface area (Å²) in [5.74, 6) is 0.854. The molecule has 0 spiro atoms. The molecular weight excluding hydrogens is 464 g/mol. The van der Waals surface area contributed by atoms with Crippen LogP contribution in [0, 0.1) is 10.7 Å². The highest BCUT2D eigenvalue weighted by atomic mass is 32.1. The van der Waals surface area contributed by atoms with Gasteiger partial charge in [-0.1, -0.05) is 48.5 Å². The highest BCUT2D eigenvalue weighted by molar-refractivity contribution is 7.71. The molecule has 1 fully saturated rings. The average molecular weight is 491 g/mol. The average Bonchev–Trinajstić information content (AvgIpc) is 3.48. The summed E-state index contributed by atoms with van der Waals surface area (Å²) in [7, 11) is 0. The smallest absolute Gasteiger partial charge is 0.230 e. The van der Waals surface area contributed by atoms with Gasteiger partial charge in [0.15, 0.2) is 5.13 Å². The standard InChI is InChI=1S/C25H26N6OS2/c32-23(27-24-26-13-15-34-24)20-10-7-14-29(17-20)18-30-25(33)31(21-11-5-2-6-12-21)22(28-30)16-19-8-3-1-4-9-19/h1-6,8-9,11-13,15,20H,7,10,14,16-18H2,(H,26,27,32). The summed E-state index contributed by atoms with van der Waals surface area (Å²) in [5.41, 5.74) is 2.19. The van der Waals surface area contributed by atoms with Gasteiger partial charge >= 0.3 is 0 Å². The summed E-state index contributed by atoms with van der Waals surface area (Å²) >= 11 is 7.32. The lowest BCUT2D eigenvalue weighted by atomic mass is 9.97. The molecule has 1 saturated heterocycles. The normalized spacial score (nSPS) is 16.4. The molecule has 0 radical (unpaired) electrons. The van der Waals surface area contributed by atoms with Crippen molar-refractivity contribution in [1.82, 2.24) is 24.2 Å². The molecule has 1 aliphatic rings. The van der Waals surface area contributed by atoms with Crippen LogP contribution in [0.5, 0.6) is 0 Å². The predicted molar refractivity (Wildman–Crippen MR) is 137 cm³/mol. The fourth-order valence-electron chi connectivity index (χ4n) is 4.35. The van der Waals surface area contributed by atoms with Crippen LogP contribution in [-0.2, 0) is 17.9 Å². The van der Waals surface area contributed by atoms with Crippen LogP contribution in [0.4, 0.5) is 5.13 Å². The van der Waals surface area contributed by atoms with Gasteiger partial charge in [0.1, 0.15) is 5.82 Å². The summed E-state index contributed by atoms with van der Waals surface area (Å²) in [4.78, 5) is 19.2. The van der Waals surface area contributed by atoms with Crippen molar-refractivity contribution < 1.29 is 4.79 Å². The summed E-state index contributed by atoms with van der Waals surface area (Å²) < 4.78 is 4.60. The summed E-state index contributed by atoms with van der Waals surface area (Å²) in [6.45, 7) is 2.14. The van der Waals surface area contributed by atoms with Crippen molar-refractivity contribution in [2.45, 2.75) is 25.9 Å². The number of carbonyl (C=O) groups excluding carboxylic acids is 1. The molecule has 1 amide bonds. The minimum Gasteiger partial charge on any atom is -0.302 e. The molecule has 9 heteroatoms. The second-order valence-electron chi connectivity index (χ2n) is 8.42. The maximum atomic E-state index is 12.8. The topological polar surface area (TPSA) is 68.0 Å². The molecule has 2 aromatic carbocycles. The number of piperidine rings is 1. The third kappa shape index (κ3) is 5.16. The maximum absolute atomic E-state index is 12.8. The summed E-state index contributed by atoms with van der Waals surface area (Å²) in [6, 6.07) is 20.4. The van der Waals surface area contributed by atoms with Gasteiger partial charge in [0.2, 0.25) is 10.7 Å². The molecule has 0 aliphatic carbocycles. The highest BCUT2D eigenvalue weighted by Gasteiger charge is 2.27. The van der Waals surface area contributed by atoms with E-state index in [1.807, 2.05) is 46.5 Å². The Balaban J connectivity index is 1.37. The first-order valence-electron chi connectivity index (χ1n) is 11.4. The van der Waals surface area contributed by atoms with Gasteiger partial charge in [-0.05, 0) is 49.3 Å². The van der Waals surface area contributed by atoms with E-state index in [0.717, 1.165) is 30.9 Å². The number of hydrogen-bond acceptors (Lipinski definition) is 6. The number of nitrogens with one attached hydrogen (secondary N) is 1. The van der Waals surface area contributed by atoms with Gasteiger partial charge < -0.3 is 5.32 Å². The fraction of sp³-hybridized carbons (Fsp3) is 0.280. The van der Waals surface area contributed by atoms with Gasteiger partial charge in [-0.3, -0.25) is 14.3 Å². The zero-order valence-corrected chi connectivity index (χ0v) is 20.3. The van der Waals surface area contributed by atoms with E-state index in [0.29, 0.717) is 29.5 Å². The molecule has 5 rings (SSSR count). The highest BCUT2D eigenvalue weighted by Crippen LogP contribution is 2.21. The predicted octanol–water partition coefficient (Wildman–Crippen LogP) is 4.76. The van der Waals surface area contributed by atoms with E-state index in [-0.39, 0.29) is 11.8 Å². The van der Waals surface area contributed by atoms with Crippen LogP contribution in [0.15, 0.2) is 72.2 Å². The van der Waals surface area contributed by atoms with Gasteiger partial charge in [-0.2, -0.15) is 5.10 Å². The molecule has 3 heterocycles. The fourth-order valence-corrected chi connectivity index (χ4v) is 5.20. The van der Waals surface area contributed by atoms with Gasteiger partial charge in [0.25, 0.3) is 0 Å². The molecule has 34 heavy (non-hydrogen) atoms. The molecule has 1 unspecified atom stereocenters. The number of aromatic nitrogens is 4. The molecule has 1 N–H and O–H groups in total. The number of hydrogen-bond donors (Lipinski definition) is 1. The van der Waals surface area contributed by atoms with Crippen LogP contribution in [0.25, 0.3) is 5.69 Å². The zero-order valence-electron chi connectivity index (χ0n) is 18.7. The summed E-state index contributed by atoms with van der Waals surface area (Å²) in [6.07, 6.45) is 4.22. The number of anilines is 1. The van der Waals surface area contributed by atoms with Crippen molar-refractivity contribution in [1.29, 1.82) is 0 Å². The van der Waals surface area contributed by atoms with Crippen LogP contribution in [0.2, 0.25) is 0 Å². The van der Waals surface area contributed by atoms with E-state index in [1.165, 1.54) is 16.9 Å². The van der Waals surface area contributed by atoms with Gasteiger partial charge in [-0.15, -0.1) is 11.3 Å². The van der Waals surface area contributed by atoms with Crippen molar-refractivity contribution in [3.05, 3.63) is 88.4 Å². The molecular formula is C25H26N6OS2. The Hall–Kier alpha value is -3.14. The lowest BCUT2D eigenvalue weighted by molar-refractivity contribution is -0.121. The van der Waals surface area contributed by atoms with Crippen LogP contribution >= 0.6 is 23.6 Å². The first-order valence-corrected chi connectivity index (χ1v) is 12.7. The van der Waals surface area contributed by atoms with Crippen LogP contribution in [0.1, 0.15) is 24.2 Å². The first-order chi connectivity index (χ1) is 16.7. The van der Waals surface area contributed by atoms with Crippen LogP contribution in [-0.4, -0.2) is 43.2 Å². The number of amides is 1. The van der Waals surface area contributed by atoms with E-state index < -0.39 is 0 Å². The summed E-state index contributed by atoms with van der Waals surface area (Å²) in [5, 5.41) is 10.4. The second kappa shape index (κ2) is 10.4. The van der Waals surface area contributed by atoms with Crippen LogP contribution in [0.3, 0.4) is 0 Å². The Labute approximate surface area is 207 Å². The number of rotatable bonds is 7. The van der Waals surface area contributed by atoms with Gasteiger partial charge in [-0.25, -0.2) is 9.67 Å². The van der Waals surface area contributed by atoms with E-state index in [4.69, 9.17) is 17.3 Å². The number of para-hydroxylation sites is 1. The number of benzene rings is 2. The van der Waals surface area contributed by atoms with Gasteiger partial charge in [0.05, 0.1) is 12.6 Å². The monoisotopic (exact) mass is 490 g/mol. The van der Waals surface area contributed by atoms with Gasteiger partial charge in [0, 0.05) is 30.2 Å². The third-order valence-corrected chi connectivity index (χ3v) is 7.08. The number of nitrogens with zero attached hydrogens (tertiary/aromatic N) is 5. The Morgan fingerprint density at radius 2 is 1.88 bits per heavy atom. The third-order valence-electron chi connectivity index (χ3n) is 6.00.